The number of carbonyl (C=O) groups excluding carboxylic acids is 1. The molecular formula is C19H21ClN6O. The van der Waals surface area contributed by atoms with Crippen molar-refractivity contribution < 1.29 is 4.79 Å². The third-order valence-electron chi connectivity index (χ3n) is 4.91. The second-order valence-electron chi connectivity index (χ2n) is 6.76. The Morgan fingerprint density at radius 1 is 1.19 bits per heavy atom. The molecule has 0 saturated carbocycles. The number of benzene rings is 1. The van der Waals surface area contributed by atoms with Gasteiger partial charge in [0.05, 0.1) is 28.5 Å². The maximum atomic E-state index is 12.9. The zero-order chi connectivity index (χ0) is 18.8. The van der Waals surface area contributed by atoms with Crippen LogP contribution in [0.4, 0.5) is 5.82 Å². The third-order valence-corrected chi connectivity index (χ3v) is 5.24. The van der Waals surface area contributed by atoms with E-state index in [-0.39, 0.29) is 11.9 Å². The summed E-state index contributed by atoms with van der Waals surface area (Å²) in [7, 11) is 2.12. The Kier molecular flexibility index (Phi) is 4.96. The summed E-state index contributed by atoms with van der Waals surface area (Å²) in [6.07, 6.45) is 7.25. The van der Waals surface area contributed by atoms with Crippen LogP contribution >= 0.6 is 11.6 Å². The van der Waals surface area contributed by atoms with Crippen LogP contribution in [-0.2, 0) is 0 Å². The molecule has 1 aromatic carbocycles. The zero-order valence-electron chi connectivity index (χ0n) is 15.0. The summed E-state index contributed by atoms with van der Waals surface area (Å²) in [4.78, 5) is 15.2. The van der Waals surface area contributed by atoms with Gasteiger partial charge in [0, 0.05) is 18.5 Å². The maximum absolute atomic E-state index is 12.9. The summed E-state index contributed by atoms with van der Waals surface area (Å²) in [5.41, 5.74) is 1.18. The number of hydrogen-bond acceptors (Lipinski definition) is 4. The van der Waals surface area contributed by atoms with E-state index >= 15 is 0 Å². The number of likely N-dealkylation sites (tertiary alicyclic amines) is 1. The molecule has 8 heteroatoms. The minimum absolute atomic E-state index is 0.260. The van der Waals surface area contributed by atoms with Gasteiger partial charge in [-0.05, 0) is 57.2 Å². The molecule has 140 valence electrons. The van der Waals surface area contributed by atoms with E-state index in [4.69, 9.17) is 11.6 Å². The van der Waals surface area contributed by atoms with Crippen molar-refractivity contribution in [1.29, 1.82) is 0 Å². The Morgan fingerprint density at radius 2 is 2.00 bits per heavy atom. The van der Waals surface area contributed by atoms with Gasteiger partial charge in [-0.3, -0.25) is 4.79 Å². The van der Waals surface area contributed by atoms with Gasteiger partial charge in [0.2, 0.25) is 0 Å². The van der Waals surface area contributed by atoms with Crippen LogP contribution < -0.4 is 5.32 Å². The second kappa shape index (κ2) is 7.54. The highest BCUT2D eigenvalue weighted by Crippen LogP contribution is 2.26. The first-order valence-electron chi connectivity index (χ1n) is 8.95. The number of carbonyl (C=O) groups is 1. The molecule has 4 rings (SSSR count). The molecule has 1 aliphatic rings. The van der Waals surface area contributed by atoms with Crippen LogP contribution in [0.25, 0.3) is 5.69 Å². The van der Waals surface area contributed by atoms with Gasteiger partial charge in [0.15, 0.2) is 0 Å². The molecular weight excluding hydrogens is 364 g/mol. The van der Waals surface area contributed by atoms with Crippen LogP contribution in [0.15, 0.2) is 48.9 Å². The number of hydrogen-bond donors (Lipinski definition) is 1. The van der Waals surface area contributed by atoms with Crippen LogP contribution in [0.1, 0.15) is 29.2 Å². The summed E-state index contributed by atoms with van der Waals surface area (Å²) in [6, 6.07) is 9.21. The molecule has 0 radical (unpaired) electrons. The Hall–Kier alpha value is -2.64. The highest BCUT2D eigenvalue weighted by atomic mass is 35.5. The standard InChI is InChI=1S/C19H21ClN6O/c1-24-11-6-14(7-12-24)26-18(5-9-22-26)23-19(27)16-13-15(3-4-17(16)20)25-10-2-8-21-25/h2-5,8-10,13-14H,6-7,11-12H2,1H3,(H,23,27). The normalized spacial score (nSPS) is 15.8. The van der Waals surface area contributed by atoms with Gasteiger partial charge in [-0.15, -0.1) is 0 Å². The molecule has 7 nitrogen and oxygen atoms in total. The first-order valence-corrected chi connectivity index (χ1v) is 9.32. The summed E-state index contributed by atoms with van der Waals surface area (Å²) in [5.74, 6) is 0.429. The Morgan fingerprint density at radius 3 is 2.74 bits per heavy atom. The predicted molar refractivity (Wildman–Crippen MR) is 105 cm³/mol. The molecule has 0 atom stereocenters. The number of piperidine rings is 1. The molecule has 1 saturated heterocycles. The fraction of sp³-hybridized carbons (Fsp3) is 0.316. The van der Waals surface area contributed by atoms with Crippen molar-refractivity contribution in [1.82, 2.24) is 24.5 Å². The highest BCUT2D eigenvalue weighted by molar-refractivity contribution is 6.34. The molecule has 3 heterocycles. The van der Waals surface area contributed by atoms with Gasteiger partial charge in [-0.2, -0.15) is 10.2 Å². The smallest absolute Gasteiger partial charge is 0.258 e. The minimum Gasteiger partial charge on any atom is -0.307 e. The van der Waals surface area contributed by atoms with Crippen LogP contribution in [-0.4, -0.2) is 50.5 Å². The van der Waals surface area contributed by atoms with E-state index in [1.807, 2.05) is 29.1 Å². The van der Waals surface area contributed by atoms with E-state index in [9.17, 15) is 4.79 Å². The maximum Gasteiger partial charge on any atom is 0.258 e. The van der Waals surface area contributed by atoms with E-state index in [0.29, 0.717) is 16.4 Å². The van der Waals surface area contributed by atoms with Crippen LogP contribution in [0.2, 0.25) is 5.02 Å². The molecule has 3 aromatic rings. The third kappa shape index (κ3) is 3.74. The number of halogens is 1. The lowest BCUT2D eigenvalue weighted by molar-refractivity contribution is 0.102. The Labute approximate surface area is 162 Å². The quantitative estimate of drug-likeness (QED) is 0.749. The second-order valence-corrected chi connectivity index (χ2v) is 7.17. The average molecular weight is 385 g/mol. The topological polar surface area (TPSA) is 68.0 Å². The molecule has 2 aromatic heterocycles. The van der Waals surface area contributed by atoms with Crippen molar-refractivity contribution >= 4 is 23.3 Å². The number of anilines is 1. The molecule has 27 heavy (non-hydrogen) atoms. The minimum atomic E-state index is -0.260. The zero-order valence-corrected chi connectivity index (χ0v) is 15.8. The van der Waals surface area contributed by atoms with Gasteiger partial charge >= 0.3 is 0 Å². The molecule has 0 bridgehead atoms. The summed E-state index contributed by atoms with van der Waals surface area (Å²) < 4.78 is 3.60. The van der Waals surface area contributed by atoms with Crippen LogP contribution in [0, 0.1) is 0 Å². The van der Waals surface area contributed by atoms with Crippen LogP contribution in [0.3, 0.4) is 0 Å². The van der Waals surface area contributed by atoms with Crippen molar-refractivity contribution in [3.8, 4) is 5.69 Å². The lowest BCUT2D eigenvalue weighted by atomic mass is 10.1. The first kappa shape index (κ1) is 17.8. The summed E-state index contributed by atoms with van der Waals surface area (Å²) >= 11 is 6.28. The van der Waals surface area contributed by atoms with Gasteiger partial charge in [-0.1, -0.05) is 11.6 Å². The number of rotatable bonds is 4. The van der Waals surface area contributed by atoms with Crippen LogP contribution in [0.5, 0.6) is 0 Å². The number of amides is 1. The largest absolute Gasteiger partial charge is 0.307 e. The molecule has 1 fully saturated rings. The number of nitrogens with one attached hydrogen (secondary N) is 1. The Bertz CT molecular complexity index is 928. The van der Waals surface area contributed by atoms with Crippen molar-refractivity contribution in [2.75, 3.05) is 25.5 Å². The van der Waals surface area contributed by atoms with Gasteiger partial charge in [-0.25, -0.2) is 9.36 Å². The van der Waals surface area contributed by atoms with Crippen molar-refractivity contribution in [3.63, 3.8) is 0 Å². The number of aromatic nitrogens is 4. The molecule has 1 aliphatic heterocycles. The van der Waals surface area contributed by atoms with Gasteiger partial charge in [0.25, 0.3) is 5.91 Å². The van der Waals surface area contributed by atoms with Gasteiger partial charge in [0.1, 0.15) is 5.82 Å². The number of nitrogens with zero attached hydrogens (tertiary/aromatic N) is 5. The predicted octanol–water partition coefficient (Wildman–Crippen LogP) is 3.24. The highest BCUT2D eigenvalue weighted by Gasteiger charge is 2.22. The fourth-order valence-corrected chi connectivity index (χ4v) is 3.58. The van der Waals surface area contributed by atoms with Crippen molar-refractivity contribution in [2.24, 2.45) is 0 Å². The van der Waals surface area contributed by atoms with E-state index in [1.54, 1.807) is 29.2 Å². The molecule has 1 N–H and O–H groups in total. The molecule has 0 spiro atoms. The van der Waals surface area contributed by atoms with E-state index in [1.165, 1.54) is 0 Å². The average Bonchev–Trinajstić information content (AvgIpc) is 3.35. The molecule has 0 unspecified atom stereocenters. The lowest BCUT2D eigenvalue weighted by Gasteiger charge is -2.30. The SMILES string of the molecule is CN1CCC(n2nccc2NC(=O)c2cc(-n3cccn3)ccc2Cl)CC1. The lowest BCUT2D eigenvalue weighted by Crippen LogP contribution is -2.32. The monoisotopic (exact) mass is 384 g/mol. The first-order chi connectivity index (χ1) is 13.1. The van der Waals surface area contributed by atoms with E-state index < -0.39 is 0 Å². The van der Waals surface area contributed by atoms with E-state index in [2.05, 4.69) is 27.5 Å². The molecule has 0 aliphatic carbocycles. The van der Waals surface area contributed by atoms with Crippen molar-refractivity contribution in [3.05, 3.63) is 59.5 Å². The van der Waals surface area contributed by atoms with Gasteiger partial charge < -0.3 is 10.2 Å². The molecule has 1 amide bonds. The van der Waals surface area contributed by atoms with Crippen molar-refractivity contribution in [2.45, 2.75) is 18.9 Å². The Balaban J connectivity index is 1.55. The summed E-state index contributed by atoms with van der Waals surface area (Å²) in [6.45, 7) is 2.05. The summed E-state index contributed by atoms with van der Waals surface area (Å²) in [5, 5.41) is 12.0. The fourth-order valence-electron chi connectivity index (χ4n) is 3.38. The van der Waals surface area contributed by atoms with E-state index in [0.717, 1.165) is 31.6 Å².